The van der Waals surface area contributed by atoms with Crippen LogP contribution in [0.1, 0.15) is 22.7 Å². The molecule has 0 aromatic heterocycles. The number of halogens is 3. The lowest BCUT2D eigenvalue weighted by Gasteiger charge is -2.15. The maximum Gasteiger partial charge on any atom is 0.418 e. The van der Waals surface area contributed by atoms with Gasteiger partial charge < -0.3 is 5.32 Å². The van der Waals surface area contributed by atoms with Gasteiger partial charge in [-0.15, -0.1) is 0 Å². The molecular weight excluding hydrogens is 323 g/mol. The van der Waals surface area contributed by atoms with E-state index in [1.807, 2.05) is 54.6 Å². The first-order valence-corrected chi connectivity index (χ1v) is 8.13. The molecule has 0 spiro atoms. The van der Waals surface area contributed by atoms with Crippen LogP contribution >= 0.6 is 0 Å². The van der Waals surface area contributed by atoms with Gasteiger partial charge >= 0.3 is 6.18 Å². The molecule has 0 fully saturated rings. The average molecular weight is 339 g/mol. The van der Waals surface area contributed by atoms with Crippen LogP contribution in [0.2, 0.25) is 0 Å². The first kappa shape index (κ1) is 15.8. The Balaban J connectivity index is 1.60. The maximum atomic E-state index is 13.2. The van der Waals surface area contributed by atoms with Crippen LogP contribution in [0.4, 0.5) is 18.9 Å². The molecule has 0 saturated heterocycles. The predicted molar refractivity (Wildman–Crippen MR) is 93.4 cm³/mol. The Labute approximate surface area is 144 Å². The van der Waals surface area contributed by atoms with Gasteiger partial charge in [0.1, 0.15) is 0 Å². The topological polar surface area (TPSA) is 12.0 Å². The molecule has 0 amide bonds. The minimum Gasteiger partial charge on any atom is -0.377 e. The Morgan fingerprint density at radius 2 is 1.44 bits per heavy atom. The summed E-state index contributed by atoms with van der Waals surface area (Å²) in [6, 6.07) is 22.2. The molecule has 1 aliphatic heterocycles. The summed E-state index contributed by atoms with van der Waals surface area (Å²) in [4.78, 5) is 0. The van der Waals surface area contributed by atoms with Gasteiger partial charge in [0.05, 0.1) is 17.3 Å². The van der Waals surface area contributed by atoms with Crippen LogP contribution in [0.5, 0.6) is 0 Å². The Bertz CT molecular complexity index is 883. The van der Waals surface area contributed by atoms with E-state index >= 15 is 0 Å². The van der Waals surface area contributed by atoms with Gasteiger partial charge in [0.25, 0.3) is 0 Å². The van der Waals surface area contributed by atoms with E-state index in [1.54, 1.807) is 6.07 Å². The number of rotatable bonds is 2. The molecule has 0 aliphatic carbocycles. The molecule has 1 heterocycles. The molecule has 1 nitrogen and oxygen atoms in total. The molecule has 25 heavy (non-hydrogen) atoms. The summed E-state index contributed by atoms with van der Waals surface area (Å²) in [5.41, 5.74) is 3.54. The van der Waals surface area contributed by atoms with Crippen LogP contribution in [-0.4, -0.2) is 0 Å². The van der Waals surface area contributed by atoms with Crippen molar-refractivity contribution in [2.75, 3.05) is 5.32 Å². The van der Waals surface area contributed by atoms with E-state index in [0.29, 0.717) is 12.0 Å². The van der Waals surface area contributed by atoms with Crippen molar-refractivity contribution in [3.63, 3.8) is 0 Å². The quantitative estimate of drug-likeness (QED) is 0.596. The number of fused-ring (bicyclic) bond motifs is 1. The Morgan fingerprint density at radius 1 is 0.760 bits per heavy atom. The van der Waals surface area contributed by atoms with Crippen LogP contribution in [-0.2, 0) is 12.6 Å². The highest BCUT2D eigenvalue weighted by Gasteiger charge is 2.37. The van der Waals surface area contributed by atoms with Crippen molar-refractivity contribution in [3.05, 3.63) is 89.5 Å². The number of benzene rings is 3. The van der Waals surface area contributed by atoms with Crippen molar-refractivity contribution in [2.24, 2.45) is 0 Å². The van der Waals surface area contributed by atoms with Crippen LogP contribution < -0.4 is 5.32 Å². The zero-order valence-electron chi connectivity index (χ0n) is 13.3. The fourth-order valence-corrected chi connectivity index (χ4v) is 3.36. The van der Waals surface area contributed by atoms with Gasteiger partial charge in [-0.1, -0.05) is 66.7 Å². The van der Waals surface area contributed by atoms with Crippen molar-refractivity contribution in [1.29, 1.82) is 0 Å². The molecule has 126 valence electrons. The molecule has 1 atom stereocenters. The lowest BCUT2D eigenvalue weighted by Crippen LogP contribution is -2.10. The van der Waals surface area contributed by atoms with Crippen molar-refractivity contribution >= 4 is 5.69 Å². The SMILES string of the molecule is FC(F)(F)c1cccc2c1NC(c1ccc(-c3ccccc3)cc1)C2. The second-order valence-electron chi connectivity index (χ2n) is 6.23. The predicted octanol–water partition coefficient (Wildman–Crippen LogP) is 6.08. The summed E-state index contributed by atoms with van der Waals surface area (Å²) in [6.45, 7) is 0. The molecule has 1 unspecified atom stereocenters. The number of hydrogen-bond acceptors (Lipinski definition) is 1. The van der Waals surface area contributed by atoms with E-state index in [2.05, 4.69) is 5.32 Å². The smallest absolute Gasteiger partial charge is 0.377 e. The minimum atomic E-state index is -4.34. The van der Waals surface area contributed by atoms with E-state index in [9.17, 15) is 13.2 Å². The summed E-state index contributed by atoms with van der Waals surface area (Å²) in [5.74, 6) is 0. The molecule has 3 aromatic carbocycles. The van der Waals surface area contributed by atoms with Crippen molar-refractivity contribution in [1.82, 2.24) is 0 Å². The van der Waals surface area contributed by atoms with E-state index in [-0.39, 0.29) is 11.7 Å². The standard InChI is InChI=1S/C21H16F3N/c22-21(23,24)18-8-4-7-17-13-19(25-20(17)18)16-11-9-15(10-12-16)14-5-2-1-3-6-14/h1-12,19,25H,13H2. The second-order valence-corrected chi connectivity index (χ2v) is 6.23. The summed E-state index contributed by atoms with van der Waals surface area (Å²) in [5, 5.41) is 3.07. The maximum absolute atomic E-state index is 13.2. The minimum absolute atomic E-state index is 0.136. The molecule has 1 N–H and O–H groups in total. The third-order valence-electron chi connectivity index (χ3n) is 4.62. The highest BCUT2D eigenvalue weighted by Crippen LogP contribution is 2.43. The number of para-hydroxylation sites is 1. The number of alkyl halides is 3. The van der Waals surface area contributed by atoms with Gasteiger partial charge in [-0.2, -0.15) is 13.2 Å². The molecule has 0 radical (unpaired) electrons. The molecule has 0 saturated carbocycles. The lowest BCUT2D eigenvalue weighted by atomic mass is 9.99. The van der Waals surface area contributed by atoms with Crippen LogP contribution in [0.25, 0.3) is 11.1 Å². The summed E-state index contributed by atoms with van der Waals surface area (Å²) in [7, 11) is 0. The first-order chi connectivity index (χ1) is 12.0. The summed E-state index contributed by atoms with van der Waals surface area (Å²) in [6.07, 6.45) is -3.78. The average Bonchev–Trinajstić information content (AvgIpc) is 3.06. The number of nitrogens with one attached hydrogen (secondary N) is 1. The zero-order chi connectivity index (χ0) is 17.4. The van der Waals surface area contributed by atoms with E-state index in [4.69, 9.17) is 0 Å². The van der Waals surface area contributed by atoms with Crippen molar-refractivity contribution in [3.8, 4) is 11.1 Å². The van der Waals surface area contributed by atoms with Gasteiger partial charge in [0.15, 0.2) is 0 Å². The van der Waals surface area contributed by atoms with Crippen molar-refractivity contribution in [2.45, 2.75) is 18.6 Å². The van der Waals surface area contributed by atoms with Gasteiger partial charge in [0, 0.05) is 0 Å². The summed E-state index contributed by atoms with van der Waals surface area (Å²) < 4.78 is 39.5. The van der Waals surface area contributed by atoms with Gasteiger partial charge in [-0.25, -0.2) is 0 Å². The number of hydrogen-bond donors (Lipinski definition) is 1. The monoisotopic (exact) mass is 339 g/mol. The van der Waals surface area contributed by atoms with E-state index < -0.39 is 11.7 Å². The van der Waals surface area contributed by atoms with Gasteiger partial charge in [-0.3, -0.25) is 0 Å². The second kappa shape index (κ2) is 5.96. The molecule has 0 bridgehead atoms. The third-order valence-corrected chi connectivity index (χ3v) is 4.62. The normalized spacial score (nSPS) is 16.4. The third kappa shape index (κ3) is 3.00. The van der Waals surface area contributed by atoms with Crippen LogP contribution in [0.15, 0.2) is 72.8 Å². The van der Waals surface area contributed by atoms with E-state index in [0.717, 1.165) is 22.8 Å². The number of anilines is 1. The van der Waals surface area contributed by atoms with E-state index in [1.165, 1.54) is 6.07 Å². The summed E-state index contributed by atoms with van der Waals surface area (Å²) >= 11 is 0. The van der Waals surface area contributed by atoms with Gasteiger partial charge in [-0.05, 0) is 34.7 Å². The fourth-order valence-electron chi connectivity index (χ4n) is 3.36. The van der Waals surface area contributed by atoms with Crippen LogP contribution in [0, 0.1) is 0 Å². The largest absolute Gasteiger partial charge is 0.418 e. The lowest BCUT2D eigenvalue weighted by molar-refractivity contribution is -0.136. The van der Waals surface area contributed by atoms with Crippen molar-refractivity contribution < 1.29 is 13.2 Å². The highest BCUT2D eigenvalue weighted by molar-refractivity contribution is 5.66. The molecule has 3 aromatic rings. The molecular formula is C21H16F3N. The first-order valence-electron chi connectivity index (χ1n) is 8.13. The zero-order valence-corrected chi connectivity index (χ0v) is 13.3. The Morgan fingerprint density at radius 3 is 2.12 bits per heavy atom. The highest BCUT2D eigenvalue weighted by atomic mass is 19.4. The fraction of sp³-hybridized carbons (Fsp3) is 0.143. The molecule has 4 rings (SSSR count). The van der Waals surface area contributed by atoms with Gasteiger partial charge in [0.2, 0.25) is 0 Å². The Hall–Kier alpha value is -2.75. The Kier molecular flexibility index (Phi) is 3.75. The molecule has 1 aliphatic rings. The molecule has 4 heteroatoms. The van der Waals surface area contributed by atoms with Crippen LogP contribution in [0.3, 0.4) is 0 Å².